The molecular weight excluding hydrogens is 228 g/mol. The van der Waals surface area contributed by atoms with Gasteiger partial charge in [0.2, 0.25) is 5.06 Å². The fourth-order valence-corrected chi connectivity index (χ4v) is 1.48. The Morgan fingerprint density at radius 3 is 3.00 bits per heavy atom. The first-order chi connectivity index (χ1) is 7.79. The summed E-state index contributed by atoms with van der Waals surface area (Å²) in [4.78, 5) is 18.9. The minimum absolute atomic E-state index is 0.341. The molecule has 0 saturated carbocycles. The highest BCUT2D eigenvalue weighted by atomic mass is 32.1. The van der Waals surface area contributed by atoms with Crippen LogP contribution in [0.2, 0.25) is 0 Å². The zero-order valence-corrected chi connectivity index (χ0v) is 9.15. The Labute approximate surface area is 95.7 Å². The van der Waals surface area contributed by atoms with Gasteiger partial charge in [-0.2, -0.15) is 0 Å². The summed E-state index contributed by atoms with van der Waals surface area (Å²) in [5.41, 5.74) is 2.99. The molecular formula is C10H7N2O3S. The van der Waals surface area contributed by atoms with Gasteiger partial charge in [0, 0.05) is 6.20 Å². The van der Waals surface area contributed by atoms with Gasteiger partial charge in [-0.15, -0.1) is 0 Å². The fourth-order valence-electron chi connectivity index (χ4n) is 1.04. The van der Waals surface area contributed by atoms with Crippen molar-refractivity contribution in [3.63, 3.8) is 0 Å². The smallest absolute Gasteiger partial charge is 0.339 e. The minimum Gasteiger partial charge on any atom is -0.465 e. The highest BCUT2D eigenvalue weighted by Crippen LogP contribution is 2.24. The van der Waals surface area contributed by atoms with Crippen molar-refractivity contribution in [2.75, 3.05) is 7.11 Å². The number of esters is 1. The Morgan fingerprint density at radius 1 is 1.44 bits per heavy atom. The van der Waals surface area contributed by atoms with E-state index < -0.39 is 5.97 Å². The third-order valence-electron chi connectivity index (χ3n) is 1.72. The van der Waals surface area contributed by atoms with Gasteiger partial charge >= 0.3 is 5.97 Å². The summed E-state index contributed by atoms with van der Waals surface area (Å²) in [6.45, 7) is 0. The Kier molecular flexibility index (Phi) is 3.11. The van der Waals surface area contributed by atoms with Gasteiger partial charge in [-0.25, -0.2) is 9.78 Å². The van der Waals surface area contributed by atoms with Crippen LogP contribution < -0.4 is 4.74 Å². The van der Waals surface area contributed by atoms with Crippen LogP contribution in [0.25, 0.3) is 0 Å². The summed E-state index contributed by atoms with van der Waals surface area (Å²) in [7, 11) is 1.31. The van der Waals surface area contributed by atoms with Crippen LogP contribution in [0.1, 0.15) is 10.4 Å². The number of nitrogens with zero attached hydrogens (tertiary/aromatic N) is 2. The summed E-state index contributed by atoms with van der Waals surface area (Å²) in [5.74, 6) is 0.00867. The number of carbonyl (C=O) groups is 1. The number of thiazole rings is 1. The molecule has 0 spiro atoms. The van der Waals surface area contributed by atoms with Crippen molar-refractivity contribution >= 4 is 17.3 Å². The van der Waals surface area contributed by atoms with Crippen LogP contribution in [0.5, 0.6) is 10.8 Å². The van der Waals surface area contributed by atoms with E-state index in [2.05, 4.69) is 20.2 Å². The fraction of sp³-hybridized carbons (Fsp3) is 0.100. The van der Waals surface area contributed by atoms with Crippen LogP contribution in [0.3, 0.4) is 0 Å². The van der Waals surface area contributed by atoms with E-state index in [1.807, 2.05) is 0 Å². The number of pyridine rings is 1. The number of ether oxygens (including phenoxy) is 2. The van der Waals surface area contributed by atoms with Gasteiger partial charge in [0.15, 0.2) is 5.51 Å². The zero-order chi connectivity index (χ0) is 11.4. The molecule has 6 heteroatoms. The summed E-state index contributed by atoms with van der Waals surface area (Å²) >= 11 is 1.24. The minimum atomic E-state index is -0.450. The normalized spacial score (nSPS) is 9.81. The second-order valence-electron chi connectivity index (χ2n) is 2.77. The lowest BCUT2D eigenvalue weighted by Crippen LogP contribution is -2.01. The second kappa shape index (κ2) is 4.71. The lowest BCUT2D eigenvalue weighted by atomic mass is 10.3. The Morgan fingerprint density at radius 2 is 2.31 bits per heavy atom. The molecule has 5 nitrogen and oxygen atoms in total. The molecule has 0 N–H and O–H groups in total. The summed E-state index contributed by atoms with van der Waals surface area (Å²) in [5, 5.41) is 0.587. The van der Waals surface area contributed by atoms with Crippen LogP contribution in [0, 0.1) is 5.51 Å². The van der Waals surface area contributed by atoms with E-state index in [0.29, 0.717) is 16.4 Å². The number of hydrogen-bond donors (Lipinski definition) is 0. The van der Waals surface area contributed by atoms with Gasteiger partial charge in [-0.1, -0.05) is 11.3 Å². The number of rotatable bonds is 3. The molecule has 1 radical (unpaired) electrons. The first-order valence-electron chi connectivity index (χ1n) is 4.32. The molecule has 81 valence electrons. The maximum Gasteiger partial charge on any atom is 0.339 e. The van der Waals surface area contributed by atoms with Crippen molar-refractivity contribution in [3.05, 3.63) is 35.7 Å². The van der Waals surface area contributed by atoms with Gasteiger partial charge in [-0.3, -0.25) is 4.98 Å². The Balaban J connectivity index is 2.19. The van der Waals surface area contributed by atoms with Crippen LogP contribution >= 0.6 is 11.3 Å². The molecule has 0 unspecified atom stereocenters. The van der Waals surface area contributed by atoms with E-state index in [4.69, 9.17) is 4.74 Å². The van der Waals surface area contributed by atoms with E-state index in [1.165, 1.54) is 37.0 Å². The van der Waals surface area contributed by atoms with E-state index in [1.54, 1.807) is 6.07 Å². The molecule has 0 aromatic carbocycles. The van der Waals surface area contributed by atoms with E-state index in [-0.39, 0.29) is 0 Å². The van der Waals surface area contributed by atoms with Gasteiger partial charge in [0.05, 0.1) is 25.1 Å². The molecule has 0 atom stereocenters. The van der Waals surface area contributed by atoms with E-state index >= 15 is 0 Å². The van der Waals surface area contributed by atoms with Crippen LogP contribution in [0.15, 0.2) is 24.7 Å². The molecule has 0 fully saturated rings. The monoisotopic (exact) mass is 235 g/mol. The van der Waals surface area contributed by atoms with E-state index in [0.717, 1.165) is 0 Å². The topological polar surface area (TPSA) is 61.3 Å². The number of methoxy groups -OCH3 is 1. The molecule has 0 saturated heterocycles. The largest absolute Gasteiger partial charge is 0.465 e. The first-order valence-corrected chi connectivity index (χ1v) is 5.14. The zero-order valence-electron chi connectivity index (χ0n) is 8.34. The maximum absolute atomic E-state index is 11.2. The van der Waals surface area contributed by atoms with Crippen molar-refractivity contribution < 1.29 is 14.3 Å². The molecule has 0 aliphatic heterocycles. The van der Waals surface area contributed by atoms with Crippen LogP contribution in [-0.4, -0.2) is 23.0 Å². The van der Waals surface area contributed by atoms with Gasteiger partial charge < -0.3 is 9.47 Å². The highest BCUT2D eigenvalue weighted by molar-refractivity contribution is 7.11. The van der Waals surface area contributed by atoms with Crippen molar-refractivity contribution in [1.29, 1.82) is 0 Å². The quantitative estimate of drug-likeness (QED) is 0.760. The highest BCUT2D eigenvalue weighted by Gasteiger charge is 2.08. The molecule has 2 heterocycles. The van der Waals surface area contributed by atoms with Gasteiger partial charge in [-0.05, 0) is 6.07 Å². The van der Waals surface area contributed by atoms with Gasteiger partial charge in [0.1, 0.15) is 5.75 Å². The molecule has 2 aromatic rings. The molecule has 2 rings (SSSR count). The third-order valence-corrected chi connectivity index (χ3v) is 2.31. The summed E-state index contributed by atoms with van der Waals surface area (Å²) in [6, 6.07) is 1.55. The van der Waals surface area contributed by atoms with Crippen LogP contribution in [-0.2, 0) is 4.74 Å². The van der Waals surface area contributed by atoms with Crippen LogP contribution in [0.4, 0.5) is 0 Å². The lowest BCUT2D eigenvalue weighted by molar-refractivity contribution is 0.0600. The SMILES string of the molecule is COC(=O)c1cncc(Oc2cn[c]s2)c1. The van der Waals surface area contributed by atoms with Crippen molar-refractivity contribution in [2.45, 2.75) is 0 Å². The molecule has 0 aliphatic rings. The number of carbonyl (C=O) groups excluding carboxylic acids is 1. The summed E-state index contributed by atoms with van der Waals surface area (Å²) < 4.78 is 9.98. The van der Waals surface area contributed by atoms with E-state index in [9.17, 15) is 4.79 Å². The lowest BCUT2D eigenvalue weighted by Gasteiger charge is -2.03. The number of aromatic nitrogens is 2. The Hall–Kier alpha value is -1.95. The molecule has 0 amide bonds. The average Bonchev–Trinajstić information content (AvgIpc) is 2.81. The van der Waals surface area contributed by atoms with Crippen molar-refractivity contribution in [2.24, 2.45) is 0 Å². The summed E-state index contributed by atoms with van der Waals surface area (Å²) in [6.07, 6.45) is 4.46. The maximum atomic E-state index is 11.2. The van der Waals surface area contributed by atoms with Crippen molar-refractivity contribution in [1.82, 2.24) is 9.97 Å². The first kappa shape index (κ1) is 10.6. The molecule has 0 aliphatic carbocycles. The second-order valence-corrected chi connectivity index (χ2v) is 3.56. The molecule has 16 heavy (non-hydrogen) atoms. The van der Waals surface area contributed by atoms with Gasteiger partial charge in [0.25, 0.3) is 0 Å². The number of hydrogen-bond acceptors (Lipinski definition) is 6. The predicted molar refractivity (Wildman–Crippen MR) is 56.6 cm³/mol. The Bertz CT molecular complexity index is 485. The van der Waals surface area contributed by atoms with Crippen molar-refractivity contribution in [3.8, 4) is 10.8 Å². The molecule has 2 aromatic heterocycles. The third kappa shape index (κ3) is 2.34. The predicted octanol–water partition coefficient (Wildman–Crippen LogP) is 1.92. The molecule has 0 bridgehead atoms. The average molecular weight is 235 g/mol. The standard InChI is InChI=1S/C10H7N2O3S/c1-14-10(13)7-2-8(4-11-3-7)15-9-5-12-6-16-9/h2-5H,1H3.